The summed E-state index contributed by atoms with van der Waals surface area (Å²) in [5.74, 6) is 0.813. The third-order valence-corrected chi connectivity index (χ3v) is 5.33. The van der Waals surface area contributed by atoms with Crippen molar-refractivity contribution >= 4 is 24.2 Å². The second kappa shape index (κ2) is 9.23. The number of β-amino-alcohol motifs (C(OH)–C–C–N with tert-alkyl or cyclic N) is 1. The second-order valence-corrected chi connectivity index (χ2v) is 7.49. The minimum Gasteiger partial charge on any atom is -0.390 e. The zero-order valence-electron chi connectivity index (χ0n) is 17.9. The molecule has 1 fully saturated rings. The maximum Gasteiger partial charge on any atom is 0.129 e. The second-order valence-electron chi connectivity index (χ2n) is 7.49. The molecule has 0 radical (unpaired) electrons. The van der Waals surface area contributed by atoms with Crippen LogP contribution in [-0.4, -0.2) is 75.1 Å². The van der Waals surface area contributed by atoms with E-state index in [0.717, 1.165) is 47.6 Å². The molecular weight excluding hydrogens is 392 g/mol. The van der Waals surface area contributed by atoms with Gasteiger partial charge in [0.25, 0.3) is 0 Å². The quantitative estimate of drug-likeness (QED) is 0.492. The summed E-state index contributed by atoms with van der Waals surface area (Å²) in [7, 11) is 1.76. The first-order valence-corrected chi connectivity index (χ1v) is 10.4. The summed E-state index contributed by atoms with van der Waals surface area (Å²) in [5, 5.41) is 26.7. The number of H-pyrrole nitrogens is 1. The van der Waals surface area contributed by atoms with E-state index in [-0.39, 0.29) is 0 Å². The Morgan fingerprint density at radius 3 is 3.06 bits per heavy atom. The molecule has 4 heterocycles. The molecule has 0 aromatic carbocycles. The van der Waals surface area contributed by atoms with Crippen LogP contribution in [0.15, 0.2) is 35.6 Å². The fourth-order valence-electron chi connectivity index (χ4n) is 3.65. The zero-order chi connectivity index (χ0) is 21.8. The minimum absolute atomic E-state index is 0.430. The smallest absolute Gasteiger partial charge is 0.129 e. The van der Waals surface area contributed by atoms with Crippen molar-refractivity contribution < 1.29 is 5.11 Å². The lowest BCUT2D eigenvalue weighted by Crippen LogP contribution is -2.33. The average Bonchev–Trinajstić information content (AvgIpc) is 3.34. The van der Waals surface area contributed by atoms with Gasteiger partial charge in [-0.25, -0.2) is 4.98 Å². The van der Waals surface area contributed by atoms with Crippen LogP contribution in [0, 0.1) is 0 Å². The highest BCUT2D eigenvalue weighted by atomic mass is 16.3. The molecule has 1 aliphatic rings. The molecule has 0 unspecified atom stereocenters. The van der Waals surface area contributed by atoms with Gasteiger partial charge in [-0.1, -0.05) is 12.6 Å². The number of aliphatic hydroxyl groups is 1. The fraction of sp³-hybridized carbons (Fsp3) is 0.364. The monoisotopic (exact) mass is 420 g/mol. The van der Waals surface area contributed by atoms with Gasteiger partial charge in [0, 0.05) is 56.8 Å². The zero-order valence-corrected chi connectivity index (χ0v) is 17.9. The molecule has 3 aromatic heterocycles. The summed E-state index contributed by atoms with van der Waals surface area (Å²) in [6, 6.07) is 5.85. The molecule has 9 nitrogen and oxygen atoms in total. The van der Waals surface area contributed by atoms with E-state index in [0.29, 0.717) is 24.1 Å². The minimum atomic E-state index is -0.430. The normalized spacial score (nSPS) is 18.4. The Labute approximate surface area is 180 Å². The van der Waals surface area contributed by atoms with Crippen LogP contribution >= 0.6 is 0 Å². The summed E-state index contributed by atoms with van der Waals surface area (Å²) in [5.41, 5.74) is 3.18. The molecule has 31 heavy (non-hydrogen) atoms. The lowest BCUT2D eigenvalue weighted by molar-refractivity contribution is 0.184. The van der Waals surface area contributed by atoms with Gasteiger partial charge in [0.05, 0.1) is 29.1 Å². The number of aliphatic imine (C=N–C) groups is 1. The Hall–Kier alpha value is -3.30. The summed E-state index contributed by atoms with van der Waals surface area (Å²) >= 11 is 0. The van der Waals surface area contributed by atoms with Crippen LogP contribution in [0.4, 0.5) is 5.82 Å². The number of hydrogen-bond donors (Lipinski definition) is 3. The van der Waals surface area contributed by atoms with Gasteiger partial charge in [-0.15, -0.1) is 0 Å². The molecule has 1 aliphatic heterocycles. The predicted molar refractivity (Wildman–Crippen MR) is 123 cm³/mol. The van der Waals surface area contributed by atoms with Crippen molar-refractivity contribution in [3.05, 3.63) is 46.7 Å². The van der Waals surface area contributed by atoms with Gasteiger partial charge >= 0.3 is 0 Å². The molecule has 3 aromatic rings. The number of nitrogens with zero attached hydrogens (tertiary/aromatic N) is 6. The highest BCUT2D eigenvalue weighted by molar-refractivity contribution is 6.20. The van der Waals surface area contributed by atoms with E-state index in [1.165, 1.54) is 0 Å². The maximum atomic E-state index is 10.1. The van der Waals surface area contributed by atoms with E-state index < -0.39 is 6.10 Å². The Morgan fingerprint density at radius 1 is 1.42 bits per heavy atom. The van der Waals surface area contributed by atoms with Crippen molar-refractivity contribution in [3.8, 4) is 11.4 Å². The Kier molecular flexibility index (Phi) is 6.24. The summed E-state index contributed by atoms with van der Waals surface area (Å²) in [4.78, 5) is 11.4. The van der Waals surface area contributed by atoms with E-state index in [1.807, 2.05) is 48.3 Å². The third kappa shape index (κ3) is 4.57. The largest absolute Gasteiger partial charge is 0.390 e. The third-order valence-electron chi connectivity index (χ3n) is 5.33. The first kappa shape index (κ1) is 21.0. The molecule has 4 rings (SSSR count). The lowest BCUT2D eigenvalue weighted by Gasteiger charge is -2.23. The summed E-state index contributed by atoms with van der Waals surface area (Å²) in [6.07, 6.45) is 5.31. The SMILES string of the molecule is C=c1[nH]nc(-c2cccc(N3CCNC[C@H](O)C3)n2)/c1=C/C(=N\C)c1cnn(CC)c1. The van der Waals surface area contributed by atoms with Crippen molar-refractivity contribution in [2.45, 2.75) is 19.6 Å². The molecule has 0 aliphatic carbocycles. The van der Waals surface area contributed by atoms with E-state index in [1.54, 1.807) is 7.05 Å². The van der Waals surface area contributed by atoms with Crippen molar-refractivity contribution in [1.82, 2.24) is 30.3 Å². The van der Waals surface area contributed by atoms with Crippen molar-refractivity contribution in [1.29, 1.82) is 0 Å². The fourth-order valence-corrected chi connectivity index (χ4v) is 3.65. The van der Waals surface area contributed by atoms with Crippen molar-refractivity contribution in [2.75, 3.05) is 38.1 Å². The molecule has 162 valence electrons. The maximum absolute atomic E-state index is 10.1. The number of aliphatic hydroxyl groups excluding tert-OH is 1. The Balaban J connectivity index is 1.72. The molecule has 0 amide bonds. The van der Waals surface area contributed by atoms with Crippen LogP contribution < -0.4 is 20.8 Å². The van der Waals surface area contributed by atoms with Gasteiger partial charge in [-0.3, -0.25) is 14.8 Å². The number of aromatic nitrogens is 5. The topological polar surface area (TPSA) is 107 Å². The molecule has 1 atom stereocenters. The van der Waals surface area contributed by atoms with Crippen LogP contribution in [0.25, 0.3) is 24.0 Å². The van der Waals surface area contributed by atoms with Gasteiger partial charge < -0.3 is 15.3 Å². The number of aromatic amines is 1. The number of aryl methyl sites for hydroxylation is 1. The highest BCUT2D eigenvalue weighted by Gasteiger charge is 2.18. The Bertz CT molecular complexity index is 1180. The number of pyridine rings is 1. The van der Waals surface area contributed by atoms with E-state index >= 15 is 0 Å². The number of anilines is 1. The van der Waals surface area contributed by atoms with E-state index in [9.17, 15) is 5.11 Å². The van der Waals surface area contributed by atoms with Crippen LogP contribution in [0.3, 0.4) is 0 Å². The van der Waals surface area contributed by atoms with Crippen LogP contribution in [-0.2, 0) is 6.54 Å². The van der Waals surface area contributed by atoms with Crippen LogP contribution in [0.2, 0.25) is 0 Å². The predicted octanol–water partition coefficient (Wildman–Crippen LogP) is -0.231. The van der Waals surface area contributed by atoms with Gasteiger partial charge in [-0.2, -0.15) is 10.2 Å². The first-order chi connectivity index (χ1) is 15.1. The molecule has 0 bridgehead atoms. The first-order valence-electron chi connectivity index (χ1n) is 10.4. The number of hydrogen-bond acceptors (Lipinski definition) is 7. The molecular formula is C22H28N8O. The van der Waals surface area contributed by atoms with E-state index in [4.69, 9.17) is 4.98 Å². The van der Waals surface area contributed by atoms with Crippen LogP contribution in [0.5, 0.6) is 0 Å². The number of nitrogens with one attached hydrogen (secondary N) is 2. The van der Waals surface area contributed by atoms with Gasteiger partial charge in [-0.05, 0) is 25.1 Å². The molecule has 0 spiro atoms. The molecule has 0 saturated carbocycles. The Morgan fingerprint density at radius 2 is 2.29 bits per heavy atom. The highest BCUT2D eigenvalue weighted by Crippen LogP contribution is 2.17. The van der Waals surface area contributed by atoms with Gasteiger partial charge in [0.15, 0.2) is 0 Å². The van der Waals surface area contributed by atoms with Gasteiger partial charge in [0.2, 0.25) is 0 Å². The van der Waals surface area contributed by atoms with E-state index in [2.05, 4.69) is 37.1 Å². The standard InChI is InChI=1S/C22H28N8O/c1-4-30-13-16(11-25-30)20(23-3)10-18-15(2)27-28-22(18)19-6-5-7-21(26-19)29-9-8-24-12-17(31)14-29/h5-7,10-11,13,17,24,27,31H,2,4,8-9,12,14H2,1,3H3/b18-10+,23-20+/t17-/m0/s1. The average molecular weight is 421 g/mol. The van der Waals surface area contributed by atoms with Crippen molar-refractivity contribution in [2.24, 2.45) is 4.99 Å². The van der Waals surface area contributed by atoms with Crippen LogP contribution in [0.1, 0.15) is 12.5 Å². The molecule has 3 N–H and O–H groups in total. The van der Waals surface area contributed by atoms with Gasteiger partial charge in [0.1, 0.15) is 11.5 Å². The summed E-state index contributed by atoms with van der Waals surface area (Å²) < 4.78 is 1.87. The lowest BCUT2D eigenvalue weighted by atomic mass is 10.1. The number of rotatable bonds is 5. The summed E-state index contributed by atoms with van der Waals surface area (Å²) in [6.45, 7) is 9.65. The van der Waals surface area contributed by atoms with Crippen molar-refractivity contribution in [3.63, 3.8) is 0 Å². The molecule has 9 heteroatoms. The molecule has 1 saturated heterocycles.